The summed E-state index contributed by atoms with van der Waals surface area (Å²) in [6.45, 7) is 9.11. The van der Waals surface area contributed by atoms with Crippen molar-refractivity contribution >= 4 is 23.5 Å². The largest absolute Gasteiger partial charge is 0.302 e. The summed E-state index contributed by atoms with van der Waals surface area (Å²) in [5.74, 6) is 0.862. The molecule has 0 bridgehead atoms. The summed E-state index contributed by atoms with van der Waals surface area (Å²) in [5.41, 5.74) is 0. The molecule has 2 fully saturated rings. The molecule has 1 nitrogen and oxygen atoms in total. The van der Waals surface area contributed by atoms with E-state index in [1.165, 1.54) is 17.7 Å². The molecule has 92 valence electrons. The molecule has 5 atom stereocenters. The number of nitrogens with one attached hydrogen (secondary N) is 1. The SMILES string of the molecule is CC=C(C)SC1CC2NC(C)SC2CC1C. The highest BCUT2D eigenvalue weighted by atomic mass is 32.2. The molecule has 1 heterocycles. The Morgan fingerprint density at radius 2 is 2.12 bits per heavy atom. The zero-order valence-electron chi connectivity index (χ0n) is 10.7. The molecule has 0 spiro atoms. The lowest BCUT2D eigenvalue weighted by atomic mass is 9.86. The van der Waals surface area contributed by atoms with Crippen LogP contribution in [0.5, 0.6) is 0 Å². The molecule has 5 unspecified atom stereocenters. The topological polar surface area (TPSA) is 12.0 Å². The van der Waals surface area contributed by atoms with Crippen molar-refractivity contribution in [2.24, 2.45) is 5.92 Å². The van der Waals surface area contributed by atoms with Crippen molar-refractivity contribution in [3.63, 3.8) is 0 Å². The summed E-state index contributed by atoms with van der Waals surface area (Å²) >= 11 is 4.24. The molecule has 16 heavy (non-hydrogen) atoms. The van der Waals surface area contributed by atoms with Crippen LogP contribution in [-0.4, -0.2) is 21.9 Å². The second-order valence-corrected chi connectivity index (χ2v) is 8.16. The van der Waals surface area contributed by atoms with Crippen LogP contribution in [0.2, 0.25) is 0 Å². The fourth-order valence-corrected chi connectivity index (χ4v) is 5.55. The van der Waals surface area contributed by atoms with E-state index in [4.69, 9.17) is 0 Å². The van der Waals surface area contributed by atoms with Crippen LogP contribution < -0.4 is 5.32 Å². The van der Waals surface area contributed by atoms with Crippen LogP contribution in [0, 0.1) is 5.92 Å². The van der Waals surface area contributed by atoms with Crippen molar-refractivity contribution in [2.45, 2.75) is 62.5 Å². The minimum atomic E-state index is 0.661. The van der Waals surface area contributed by atoms with Gasteiger partial charge in [-0.15, -0.1) is 23.5 Å². The minimum Gasteiger partial charge on any atom is -0.302 e. The molecule has 0 aromatic rings. The van der Waals surface area contributed by atoms with Crippen LogP contribution >= 0.6 is 23.5 Å². The summed E-state index contributed by atoms with van der Waals surface area (Å²) in [5, 5.41) is 6.07. The third kappa shape index (κ3) is 2.80. The van der Waals surface area contributed by atoms with E-state index < -0.39 is 0 Å². The lowest BCUT2D eigenvalue weighted by Gasteiger charge is -2.35. The smallest absolute Gasteiger partial charge is 0.0509 e. The van der Waals surface area contributed by atoms with Crippen LogP contribution in [-0.2, 0) is 0 Å². The fourth-order valence-electron chi connectivity index (χ4n) is 2.72. The van der Waals surface area contributed by atoms with Crippen molar-refractivity contribution in [3.8, 4) is 0 Å². The molecule has 2 rings (SSSR count). The van der Waals surface area contributed by atoms with Gasteiger partial charge in [-0.2, -0.15) is 0 Å². The third-order valence-electron chi connectivity index (χ3n) is 3.75. The highest BCUT2D eigenvalue weighted by molar-refractivity contribution is 8.03. The number of allylic oxidation sites excluding steroid dienone is 2. The van der Waals surface area contributed by atoms with E-state index in [0.29, 0.717) is 5.37 Å². The van der Waals surface area contributed by atoms with Gasteiger partial charge in [0.15, 0.2) is 0 Å². The summed E-state index contributed by atoms with van der Waals surface area (Å²) < 4.78 is 0. The Bertz CT molecular complexity index is 277. The summed E-state index contributed by atoms with van der Waals surface area (Å²) in [6, 6.07) is 0.762. The molecule has 1 saturated heterocycles. The molecule has 0 aromatic carbocycles. The Labute approximate surface area is 108 Å². The Morgan fingerprint density at radius 1 is 1.38 bits per heavy atom. The number of fused-ring (bicyclic) bond motifs is 1. The van der Waals surface area contributed by atoms with Gasteiger partial charge in [0.25, 0.3) is 0 Å². The molecule has 0 amide bonds. The predicted molar refractivity (Wildman–Crippen MR) is 77.0 cm³/mol. The van der Waals surface area contributed by atoms with Crippen LogP contribution in [0.1, 0.15) is 40.5 Å². The van der Waals surface area contributed by atoms with Gasteiger partial charge in [0.05, 0.1) is 5.37 Å². The molecule has 1 N–H and O–H groups in total. The summed E-state index contributed by atoms with van der Waals surface area (Å²) in [7, 11) is 0. The van der Waals surface area contributed by atoms with Crippen LogP contribution in [0.3, 0.4) is 0 Å². The predicted octanol–water partition coefficient (Wildman–Crippen LogP) is 3.86. The maximum atomic E-state index is 3.73. The van der Waals surface area contributed by atoms with E-state index in [1.807, 2.05) is 0 Å². The lowest BCUT2D eigenvalue weighted by molar-refractivity contribution is 0.342. The molecule has 1 aliphatic carbocycles. The Hall–Kier alpha value is 0.400. The quantitative estimate of drug-likeness (QED) is 0.807. The van der Waals surface area contributed by atoms with Crippen molar-refractivity contribution in [2.75, 3.05) is 0 Å². The average molecular weight is 257 g/mol. The van der Waals surface area contributed by atoms with Crippen molar-refractivity contribution < 1.29 is 0 Å². The van der Waals surface area contributed by atoms with Gasteiger partial charge in [-0.3, -0.25) is 0 Å². The normalized spacial score (nSPS) is 44.5. The van der Waals surface area contributed by atoms with Gasteiger partial charge in [-0.1, -0.05) is 13.0 Å². The number of rotatable bonds is 2. The fraction of sp³-hybridized carbons (Fsp3) is 0.846. The first kappa shape index (κ1) is 12.8. The van der Waals surface area contributed by atoms with Gasteiger partial charge < -0.3 is 5.32 Å². The van der Waals surface area contributed by atoms with Crippen molar-refractivity contribution in [3.05, 3.63) is 11.0 Å². The zero-order chi connectivity index (χ0) is 11.7. The number of hydrogen-bond acceptors (Lipinski definition) is 3. The summed E-state index contributed by atoms with van der Waals surface area (Å²) in [4.78, 5) is 1.48. The maximum Gasteiger partial charge on any atom is 0.0509 e. The maximum absolute atomic E-state index is 3.73. The Balaban J connectivity index is 1.96. The molecule has 0 aromatic heterocycles. The number of hydrogen-bond donors (Lipinski definition) is 1. The highest BCUT2D eigenvalue weighted by Gasteiger charge is 2.40. The first-order chi connectivity index (χ1) is 7.60. The van der Waals surface area contributed by atoms with Crippen LogP contribution in [0.25, 0.3) is 0 Å². The second-order valence-electron chi connectivity index (χ2n) is 5.09. The van der Waals surface area contributed by atoms with Crippen molar-refractivity contribution in [1.29, 1.82) is 0 Å². The molecule has 3 heteroatoms. The molecule has 1 saturated carbocycles. The van der Waals surface area contributed by atoms with E-state index in [0.717, 1.165) is 22.5 Å². The van der Waals surface area contributed by atoms with Gasteiger partial charge in [-0.25, -0.2) is 0 Å². The third-order valence-corrected chi connectivity index (χ3v) is 6.73. The van der Waals surface area contributed by atoms with Gasteiger partial charge in [0.1, 0.15) is 0 Å². The minimum absolute atomic E-state index is 0.661. The van der Waals surface area contributed by atoms with E-state index >= 15 is 0 Å². The molecular formula is C13H23NS2. The van der Waals surface area contributed by atoms with Gasteiger partial charge in [0.2, 0.25) is 0 Å². The van der Waals surface area contributed by atoms with Crippen molar-refractivity contribution in [1.82, 2.24) is 5.32 Å². The van der Waals surface area contributed by atoms with Crippen LogP contribution in [0.15, 0.2) is 11.0 Å². The van der Waals surface area contributed by atoms with E-state index in [9.17, 15) is 0 Å². The first-order valence-electron chi connectivity index (χ1n) is 6.31. The Morgan fingerprint density at radius 3 is 2.81 bits per heavy atom. The van der Waals surface area contributed by atoms with Gasteiger partial charge in [0, 0.05) is 16.5 Å². The van der Waals surface area contributed by atoms with Gasteiger partial charge >= 0.3 is 0 Å². The first-order valence-corrected chi connectivity index (χ1v) is 8.13. The lowest BCUT2D eigenvalue weighted by Crippen LogP contribution is -2.42. The summed E-state index contributed by atoms with van der Waals surface area (Å²) in [6.07, 6.45) is 4.98. The standard InChI is InChI=1S/C13H23NS2/c1-5-9(3)15-12-7-11-13(6-8(12)2)16-10(4)14-11/h5,8,10-14H,6-7H2,1-4H3. The number of thioether (sulfide) groups is 2. The molecule has 0 radical (unpaired) electrons. The van der Waals surface area contributed by atoms with E-state index in [1.54, 1.807) is 0 Å². The zero-order valence-corrected chi connectivity index (χ0v) is 12.3. The molecular weight excluding hydrogens is 234 g/mol. The van der Waals surface area contributed by atoms with Crippen LogP contribution in [0.4, 0.5) is 0 Å². The second kappa shape index (κ2) is 5.36. The van der Waals surface area contributed by atoms with E-state index in [2.05, 4.69) is 62.6 Å². The monoisotopic (exact) mass is 257 g/mol. The van der Waals surface area contributed by atoms with E-state index in [-0.39, 0.29) is 0 Å². The molecule has 1 aliphatic heterocycles. The highest BCUT2D eigenvalue weighted by Crippen LogP contribution is 2.44. The molecule has 2 aliphatic rings. The Kier molecular flexibility index (Phi) is 4.31. The average Bonchev–Trinajstić information content (AvgIpc) is 2.58. The van der Waals surface area contributed by atoms with Gasteiger partial charge in [-0.05, 0) is 44.4 Å².